The van der Waals surface area contributed by atoms with Gasteiger partial charge < -0.3 is 9.47 Å². The summed E-state index contributed by atoms with van der Waals surface area (Å²) in [7, 11) is 1.38. The molecule has 1 aromatic heterocycles. The molecule has 23 heavy (non-hydrogen) atoms. The lowest BCUT2D eigenvalue weighted by Gasteiger charge is -2.19. The van der Waals surface area contributed by atoms with Crippen LogP contribution in [0.3, 0.4) is 0 Å². The highest BCUT2D eigenvalue weighted by Crippen LogP contribution is 2.24. The van der Waals surface area contributed by atoms with Crippen molar-refractivity contribution in [2.24, 2.45) is 0 Å². The lowest BCUT2D eigenvalue weighted by molar-refractivity contribution is -0.00788. The molecule has 2 rings (SSSR count). The second-order valence-corrected chi connectivity index (χ2v) is 7.28. The van der Waals surface area contributed by atoms with Crippen molar-refractivity contribution in [3.8, 4) is 11.3 Å². The third-order valence-electron chi connectivity index (χ3n) is 3.15. The van der Waals surface area contributed by atoms with Crippen LogP contribution in [0.5, 0.6) is 0 Å². The normalized spacial score (nSPS) is 11.5. The van der Waals surface area contributed by atoms with Gasteiger partial charge in [-0.05, 0) is 55.5 Å². The van der Waals surface area contributed by atoms with E-state index in [1.54, 1.807) is 12.1 Å². The van der Waals surface area contributed by atoms with E-state index < -0.39 is 0 Å². The first-order valence-corrected chi connectivity index (χ1v) is 8.44. The van der Waals surface area contributed by atoms with E-state index in [0.717, 1.165) is 14.8 Å². The maximum absolute atomic E-state index is 11.5. The zero-order valence-electron chi connectivity index (χ0n) is 13.8. The van der Waals surface area contributed by atoms with E-state index >= 15 is 0 Å². The molecule has 5 nitrogen and oxygen atoms in total. The van der Waals surface area contributed by atoms with Crippen LogP contribution >= 0.6 is 22.6 Å². The number of carbonyl (C=O) groups excluding carboxylic acids is 1. The van der Waals surface area contributed by atoms with Crippen LogP contribution in [0.4, 0.5) is 0 Å². The van der Waals surface area contributed by atoms with Gasteiger partial charge in [-0.1, -0.05) is 12.1 Å². The van der Waals surface area contributed by atoms with Crippen molar-refractivity contribution in [2.45, 2.75) is 32.9 Å². The molecule has 0 saturated carbocycles. The molecule has 0 aliphatic rings. The first kappa shape index (κ1) is 17.9. The minimum atomic E-state index is -0.337. The molecule has 0 radical (unpaired) electrons. The molecule has 0 N–H and O–H groups in total. The number of ether oxygens (including phenoxy) is 2. The van der Waals surface area contributed by atoms with Crippen molar-refractivity contribution < 1.29 is 14.3 Å². The van der Waals surface area contributed by atoms with Crippen LogP contribution < -0.4 is 0 Å². The van der Waals surface area contributed by atoms with Crippen molar-refractivity contribution in [1.82, 2.24) is 9.78 Å². The minimum Gasteiger partial charge on any atom is -0.465 e. The number of halogens is 1. The van der Waals surface area contributed by atoms with E-state index in [0.29, 0.717) is 18.7 Å². The molecular weight excluding hydrogens is 407 g/mol. The molecule has 6 heteroatoms. The summed E-state index contributed by atoms with van der Waals surface area (Å²) in [6.45, 7) is 7.42. The van der Waals surface area contributed by atoms with E-state index in [1.165, 1.54) is 7.11 Å². The molecule has 0 atom stereocenters. The van der Waals surface area contributed by atoms with Gasteiger partial charge in [0.2, 0.25) is 0 Å². The Balaban J connectivity index is 2.10. The number of esters is 1. The van der Waals surface area contributed by atoms with Crippen molar-refractivity contribution in [3.63, 3.8) is 0 Å². The Hall–Kier alpha value is -1.41. The molecular formula is C17H21IN2O3. The Morgan fingerprint density at radius 2 is 1.91 bits per heavy atom. The average Bonchev–Trinajstić information content (AvgIpc) is 2.86. The molecule has 2 aromatic rings. The Morgan fingerprint density at radius 3 is 2.48 bits per heavy atom. The summed E-state index contributed by atoms with van der Waals surface area (Å²) in [4.78, 5) is 11.5. The average molecular weight is 428 g/mol. The van der Waals surface area contributed by atoms with E-state index in [4.69, 9.17) is 9.47 Å². The minimum absolute atomic E-state index is 0.146. The highest BCUT2D eigenvalue weighted by atomic mass is 127. The quantitative estimate of drug-likeness (QED) is 0.538. The zero-order chi connectivity index (χ0) is 17.0. The summed E-state index contributed by atoms with van der Waals surface area (Å²) < 4.78 is 13.4. The number of hydrogen-bond acceptors (Lipinski definition) is 4. The number of rotatable bonds is 5. The number of nitrogens with zero attached hydrogens (tertiary/aromatic N) is 2. The molecule has 0 amide bonds. The second-order valence-electron chi connectivity index (χ2n) is 6.12. The van der Waals surface area contributed by atoms with Gasteiger partial charge in [0.25, 0.3) is 0 Å². The third-order valence-corrected chi connectivity index (χ3v) is 3.94. The first-order chi connectivity index (χ1) is 10.8. The van der Waals surface area contributed by atoms with Crippen molar-refractivity contribution in [3.05, 3.63) is 39.6 Å². The number of hydrogen-bond donors (Lipinski definition) is 0. The smallest absolute Gasteiger partial charge is 0.337 e. The molecule has 124 valence electrons. The molecule has 0 saturated heterocycles. The van der Waals surface area contributed by atoms with Crippen LogP contribution in [-0.4, -0.2) is 35.1 Å². The van der Waals surface area contributed by atoms with E-state index in [2.05, 4.69) is 27.7 Å². The van der Waals surface area contributed by atoms with Gasteiger partial charge in [0.05, 0.1) is 35.0 Å². The summed E-state index contributed by atoms with van der Waals surface area (Å²) in [6, 6.07) is 7.26. The second kappa shape index (κ2) is 7.44. The van der Waals surface area contributed by atoms with Crippen molar-refractivity contribution >= 4 is 28.6 Å². The van der Waals surface area contributed by atoms with Gasteiger partial charge >= 0.3 is 5.97 Å². The molecule has 1 heterocycles. The molecule has 1 aromatic carbocycles. The highest BCUT2D eigenvalue weighted by Gasteiger charge is 2.13. The Morgan fingerprint density at radius 1 is 1.26 bits per heavy atom. The van der Waals surface area contributed by atoms with E-state index in [9.17, 15) is 4.79 Å². The third kappa shape index (κ3) is 5.04. The Labute approximate surface area is 150 Å². The van der Waals surface area contributed by atoms with Gasteiger partial charge in [-0.15, -0.1) is 0 Å². The summed E-state index contributed by atoms with van der Waals surface area (Å²) in [6.07, 6.45) is 2.00. The van der Waals surface area contributed by atoms with E-state index in [-0.39, 0.29) is 11.6 Å². The zero-order valence-corrected chi connectivity index (χ0v) is 16.0. The van der Waals surface area contributed by atoms with Crippen molar-refractivity contribution in [1.29, 1.82) is 0 Å². The summed E-state index contributed by atoms with van der Waals surface area (Å²) in [5, 5.41) is 4.61. The van der Waals surface area contributed by atoms with Gasteiger partial charge in [0, 0.05) is 11.8 Å². The lowest BCUT2D eigenvalue weighted by atomic mass is 10.1. The van der Waals surface area contributed by atoms with Gasteiger partial charge in [0.15, 0.2) is 0 Å². The highest BCUT2D eigenvalue weighted by molar-refractivity contribution is 14.1. The van der Waals surface area contributed by atoms with Crippen LogP contribution in [0.15, 0.2) is 30.5 Å². The Kier molecular flexibility index (Phi) is 5.80. The van der Waals surface area contributed by atoms with Gasteiger partial charge in [-0.2, -0.15) is 5.10 Å². The fourth-order valence-electron chi connectivity index (χ4n) is 2.03. The number of carbonyl (C=O) groups is 1. The van der Waals surface area contributed by atoms with Gasteiger partial charge in [-0.25, -0.2) is 4.79 Å². The van der Waals surface area contributed by atoms with Crippen molar-refractivity contribution in [2.75, 3.05) is 13.7 Å². The van der Waals surface area contributed by atoms with E-state index in [1.807, 2.05) is 43.8 Å². The SMILES string of the molecule is COC(=O)c1ccc(-c2nn(CCOC(C)(C)C)cc2I)cc1. The van der Waals surface area contributed by atoms with Gasteiger partial charge in [-0.3, -0.25) is 4.68 Å². The standard InChI is InChI=1S/C17H21IN2O3/c1-17(2,3)23-10-9-20-11-14(18)15(19-20)12-5-7-13(8-6-12)16(21)22-4/h5-8,11H,9-10H2,1-4H3. The molecule has 0 aliphatic heterocycles. The number of aromatic nitrogens is 2. The summed E-state index contributed by atoms with van der Waals surface area (Å²) in [5.74, 6) is -0.337. The number of methoxy groups -OCH3 is 1. The lowest BCUT2D eigenvalue weighted by Crippen LogP contribution is -2.22. The Bertz CT molecular complexity index is 672. The van der Waals surface area contributed by atoms with Crippen LogP contribution in [0.1, 0.15) is 31.1 Å². The predicted octanol–water partition coefficient (Wildman–Crippen LogP) is 3.76. The van der Waals surface area contributed by atoms with Crippen LogP contribution in [-0.2, 0) is 16.0 Å². The largest absolute Gasteiger partial charge is 0.465 e. The summed E-state index contributed by atoms with van der Waals surface area (Å²) in [5.41, 5.74) is 2.26. The fraction of sp³-hybridized carbons (Fsp3) is 0.412. The molecule has 0 aliphatic carbocycles. The van der Waals surface area contributed by atoms with Gasteiger partial charge in [0.1, 0.15) is 5.69 Å². The maximum atomic E-state index is 11.5. The first-order valence-electron chi connectivity index (χ1n) is 7.36. The number of benzene rings is 1. The fourth-order valence-corrected chi connectivity index (χ4v) is 2.78. The molecule has 0 spiro atoms. The molecule has 0 unspecified atom stereocenters. The molecule has 0 fully saturated rings. The summed E-state index contributed by atoms with van der Waals surface area (Å²) >= 11 is 2.27. The van der Waals surface area contributed by atoms with Crippen LogP contribution in [0.2, 0.25) is 0 Å². The predicted molar refractivity (Wildman–Crippen MR) is 97.4 cm³/mol. The van der Waals surface area contributed by atoms with Crippen LogP contribution in [0, 0.1) is 3.57 Å². The monoisotopic (exact) mass is 428 g/mol. The van der Waals surface area contributed by atoms with Crippen LogP contribution in [0.25, 0.3) is 11.3 Å². The topological polar surface area (TPSA) is 53.3 Å². The maximum Gasteiger partial charge on any atom is 0.337 e. The molecule has 0 bridgehead atoms.